The van der Waals surface area contributed by atoms with Crippen molar-refractivity contribution in [3.8, 4) is 0 Å². The molecule has 0 spiro atoms. The summed E-state index contributed by atoms with van der Waals surface area (Å²) in [6.07, 6.45) is 4.48. The molecule has 1 aliphatic heterocycles. The first kappa shape index (κ1) is 18.5. The minimum Gasteiger partial charge on any atom is -0.391 e. The van der Waals surface area contributed by atoms with E-state index >= 15 is 0 Å². The van der Waals surface area contributed by atoms with Gasteiger partial charge in [-0.3, -0.25) is 4.79 Å². The quantitative estimate of drug-likeness (QED) is 0.710. The standard InChI is InChI=1S/C22H30N2O3/c1-13(2)20(19-18-16-9-10-17(11-16)22(18)27-24-19)26-21(14(3)23-12-25)15-7-5-4-6-8-15/h4-8,12-14,16-18,20-22H,9-11H2,1-3H3,(H,23,25)/t14-,16-,17-,18-,20+,21-,22-/m0/s1. The van der Waals surface area contributed by atoms with E-state index in [0.717, 1.165) is 17.7 Å². The SMILES string of the molecule is CC(C)[C@@H](O[C@H](c1ccccc1)[C@H](C)NC=O)C1=NO[C@H]2[C@H]3CC[C@@H](C3)[C@@H]12. The zero-order chi connectivity index (χ0) is 19.0. The summed E-state index contributed by atoms with van der Waals surface area (Å²) in [4.78, 5) is 16.9. The Morgan fingerprint density at radius 3 is 2.59 bits per heavy atom. The molecule has 2 saturated carbocycles. The molecule has 7 atom stereocenters. The molecule has 2 aliphatic carbocycles. The first-order valence-corrected chi connectivity index (χ1v) is 10.2. The second-order valence-corrected chi connectivity index (χ2v) is 8.65. The Morgan fingerprint density at radius 2 is 1.89 bits per heavy atom. The van der Waals surface area contributed by atoms with Gasteiger partial charge < -0.3 is 14.9 Å². The third kappa shape index (κ3) is 3.38. The van der Waals surface area contributed by atoms with Crippen molar-refractivity contribution in [3.63, 3.8) is 0 Å². The van der Waals surface area contributed by atoms with Crippen LogP contribution in [-0.4, -0.2) is 30.4 Å². The van der Waals surface area contributed by atoms with Crippen molar-refractivity contribution < 1.29 is 14.4 Å². The van der Waals surface area contributed by atoms with Crippen LogP contribution < -0.4 is 5.32 Å². The highest BCUT2D eigenvalue weighted by molar-refractivity contribution is 5.93. The topological polar surface area (TPSA) is 59.9 Å². The number of rotatable bonds is 8. The minimum absolute atomic E-state index is 0.111. The molecular weight excluding hydrogens is 340 g/mol. The van der Waals surface area contributed by atoms with Crippen LogP contribution in [0.4, 0.5) is 0 Å². The fraction of sp³-hybridized carbons (Fsp3) is 0.636. The summed E-state index contributed by atoms with van der Waals surface area (Å²) in [6.45, 7) is 6.33. The molecule has 3 aliphatic rings. The molecule has 1 heterocycles. The van der Waals surface area contributed by atoms with Crippen LogP contribution in [0, 0.1) is 23.7 Å². The number of oxime groups is 1. The highest BCUT2D eigenvalue weighted by Crippen LogP contribution is 2.53. The Labute approximate surface area is 161 Å². The molecule has 0 aromatic heterocycles. The Bertz CT molecular complexity index is 690. The van der Waals surface area contributed by atoms with Gasteiger partial charge in [-0.05, 0) is 49.5 Å². The van der Waals surface area contributed by atoms with Gasteiger partial charge in [0.25, 0.3) is 0 Å². The average Bonchev–Trinajstić information content (AvgIpc) is 3.37. The van der Waals surface area contributed by atoms with Crippen LogP contribution in [0.3, 0.4) is 0 Å². The fourth-order valence-corrected chi connectivity index (χ4v) is 5.27. The summed E-state index contributed by atoms with van der Waals surface area (Å²) >= 11 is 0. The molecule has 0 saturated heterocycles. The number of amides is 1. The largest absolute Gasteiger partial charge is 0.391 e. The highest BCUT2D eigenvalue weighted by Gasteiger charge is 2.56. The summed E-state index contributed by atoms with van der Waals surface area (Å²) in [6, 6.07) is 9.98. The second-order valence-electron chi connectivity index (χ2n) is 8.65. The van der Waals surface area contributed by atoms with Crippen molar-refractivity contribution in [3.05, 3.63) is 35.9 Å². The van der Waals surface area contributed by atoms with Crippen LogP contribution in [0.5, 0.6) is 0 Å². The lowest BCUT2D eigenvalue weighted by Crippen LogP contribution is -2.42. The van der Waals surface area contributed by atoms with Crippen LogP contribution in [0.2, 0.25) is 0 Å². The predicted octanol–water partition coefficient (Wildman–Crippen LogP) is 3.70. The Kier molecular flexibility index (Phi) is 5.22. The van der Waals surface area contributed by atoms with Gasteiger partial charge in [-0.2, -0.15) is 0 Å². The van der Waals surface area contributed by atoms with E-state index in [1.54, 1.807) is 0 Å². The van der Waals surface area contributed by atoms with Gasteiger partial charge in [0, 0.05) is 5.92 Å². The molecule has 1 aromatic carbocycles. The third-order valence-corrected chi connectivity index (χ3v) is 6.56. The maximum absolute atomic E-state index is 11.1. The number of ether oxygens (including phenoxy) is 1. The highest BCUT2D eigenvalue weighted by atomic mass is 16.6. The lowest BCUT2D eigenvalue weighted by Gasteiger charge is -2.33. The number of carbonyl (C=O) groups excluding carboxylic acids is 1. The molecule has 5 nitrogen and oxygen atoms in total. The number of nitrogens with zero attached hydrogens (tertiary/aromatic N) is 1. The summed E-state index contributed by atoms with van der Waals surface area (Å²) in [5, 5.41) is 7.41. The van der Waals surface area contributed by atoms with E-state index in [9.17, 15) is 4.79 Å². The van der Waals surface area contributed by atoms with E-state index in [1.807, 2.05) is 25.1 Å². The van der Waals surface area contributed by atoms with Crippen molar-refractivity contribution in [1.29, 1.82) is 0 Å². The Balaban J connectivity index is 1.58. The second kappa shape index (κ2) is 7.63. The number of benzene rings is 1. The molecule has 146 valence electrons. The van der Waals surface area contributed by atoms with Gasteiger partial charge in [0.1, 0.15) is 18.3 Å². The fourth-order valence-electron chi connectivity index (χ4n) is 5.27. The lowest BCUT2D eigenvalue weighted by atomic mass is 9.80. The first-order chi connectivity index (χ1) is 13.1. The minimum atomic E-state index is -0.232. The van der Waals surface area contributed by atoms with Gasteiger partial charge in [-0.25, -0.2) is 0 Å². The molecule has 4 rings (SSSR count). The number of hydrogen-bond donors (Lipinski definition) is 1. The van der Waals surface area contributed by atoms with Crippen LogP contribution >= 0.6 is 0 Å². The van der Waals surface area contributed by atoms with Crippen LogP contribution in [-0.2, 0) is 14.4 Å². The smallest absolute Gasteiger partial charge is 0.207 e. The summed E-state index contributed by atoms with van der Waals surface area (Å²) in [7, 11) is 0. The summed E-state index contributed by atoms with van der Waals surface area (Å²) < 4.78 is 6.68. The number of carbonyl (C=O) groups is 1. The van der Waals surface area contributed by atoms with Gasteiger partial charge >= 0.3 is 0 Å². The normalized spacial score (nSPS) is 31.8. The molecule has 2 bridgehead atoms. The molecule has 5 heteroatoms. The van der Waals surface area contributed by atoms with Crippen LogP contribution in [0.25, 0.3) is 0 Å². The third-order valence-electron chi connectivity index (χ3n) is 6.56. The van der Waals surface area contributed by atoms with Gasteiger partial charge in [0.15, 0.2) is 0 Å². The van der Waals surface area contributed by atoms with Gasteiger partial charge in [0.2, 0.25) is 6.41 Å². The summed E-state index contributed by atoms with van der Waals surface area (Å²) in [5.41, 5.74) is 2.15. The average molecular weight is 370 g/mol. The molecule has 0 unspecified atom stereocenters. The summed E-state index contributed by atoms with van der Waals surface area (Å²) in [5.74, 6) is 2.03. The van der Waals surface area contributed by atoms with E-state index < -0.39 is 0 Å². The first-order valence-electron chi connectivity index (χ1n) is 10.2. The molecule has 1 amide bonds. The van der Waals surface area contributed by atoms with E-state index in [2.05, 4.69) is 36.5 Å². The van der Waals surface area contributed by atoms with Gasteiger partial charge in [-0.15, -0.1) is 0 Å². The number of fused-ring (bicyclic) bond motifs is 5. The Morgan fingerprint density at radius 1 is 1.15 bits per heavy atom. The zero-order valence-electron chi connectivity index (χ0n) is 16.4. The number of nitrogens with one attached hydrogen (secondary N) is 1. The van der Waals surface area contributed by atoms with Crippen molar-refractivity contribution >= 4 is 12.1 Å². The zero-order valence-corrected chi connectivity index (χ0v) is 16.4. The van der Waals surface area contributed by atoms with E-state index in [1.165, 1.54) is 19.3 Å². The van der Waals surface area contributed by atoms with E-state index in [0.29, 0.717) is 17.8 Å². The lowest BCUT2D eigenvalue weighted by molar-refractivity contribution is -0.111. The molecule has 2 fully saturated rings. The molecule has 27 heavy (non-hydrogen) atoms. The van der Waals surface area contributed by atoms with Crippen molar-refractivity contribution in [1.82, 2.24) is 5.32 Å². The number of hydrogen-bond acceptors (Lipinski definition) is 4. The molecule has 1 aromatic rings. The van der Waals surface area contributed by atoms with Crippen LogP contribution in [0.15, 0.2) is 35.5 Å². The predicted molar refractivity (Wildman–Crippen MR) is 104 cm³/mol. The molecular formula is C22H30N2O3. The molecule has 1 N–H and O–H groups in total. The Hall–Kier alpha value is -1.88. The van der Waals surface area contributed by atoms with E-state index in [-0.39, 0.29) is 30.3 Å². The van der Waals surface area contributed by atoms with Crippen molar-refractivity contribution in [2.45, 2.75) is 64.4 Å². The van der Waals surface area contributed by atoms with Crippen LogP contribution in [0.1, 0.15) is 51.7 Å². The van der Waals surface area contributed by atoms with E-state index in [4.69, 9.17) is 9.57 Å². The monoisotopic (exact) mass is 370 g/mol. The molecule has 0 radical (unpaired) electrons. The van der Waals surface area contributed by atoms with Crippen molar-refractivity contribution in [2.24, 2.45) is 28.8 Å². The maximum atomic E-state index is 11.1. The van der Waals surface area contributed by atoms with Crippen molar-refractivity contribution in [2.75, 3.05) is 0 Å². The van der Waals surface area contributed by atoms with Gasteiger partial charge in [0.05, 0.1) is 11.8 Å². The van der Waals surface area contributed by atoms with Gasteiger partial charge in [-0.1, -0.05) is 49.3 Å². The maximum Gasteiger partial charge on any atom is 0.207 e.